The van der Waals surface area contributed by atoms with E-state index < -0.39 is 0 Å². The third-order valence-electron chi connectivity index (χ3n) is 4.41. The molecule has 2 aromatic rings. The zero-order chi connectivity index (χ0) is 14.1. The second-order valence-electron chi connectivity index (χ2n) is 5.99. The summed E-state index contributed by atoms with van der Waals surface area (Å²) in [7, 11) is 2.10. The summed E-state index contributed by atoms with van der Waals surface area (Å²) in [6, 6.07) is 9.72. The molecule has 0 aliphatic heterocycles. The Balaban J connectivity index is 1.99. The van der Waals surface area contributed by atoms with Crippen LogP contribution in [-0.2, 0) is 6.42 Å². The maximum Gasteiger partial charge on any atom is 0.0387 e. The standard InChI is InChI=1S/C18H23NS/c1-12-9-13(2)11-14(10-12)18(19-3)16-5-4-6-17-15(16)7-8-20-17/h7-11,16,18-19H,4-6H2,1-3H3. The Morgan fingerprint density at radius 1 is 1.20 bits per heavy atom. The minimum absolute atomic E-state index is 0.433. The number of fused-ring (bicyclic) bond motifs is 1. The number of hydrogen-bond acceptors (Lipinski definition) is 2. The summed E-state index contributed by atoms with van der Waals surface area (Å²) in [5, 5.41) is 5.84. The molecule has 1 heterocycles. The lowest BCUT2D eigenvalue weighted by atomic mass is 9.79. The SMILES string of the molecule is CNC(c1cc(C)cc(C)c1)C1CCCc2sccc21. The van der Waals surface area contributed by atoms with Crippen LogP contribution in [0.1, 0.15) is 51.9 Å². The van der Waals surface area contributed by atoms with Crippen molar-refractivity contribution in [3.63, 3.8) is 0 Å². The summed E-state index contributed by atoms with van der Waals surface area (Å²) in [5.74, 6) is 0.621. The molecule has 0 fully saturated rings. The Morgan fingerprint density at radius 3 is 2.65 bits per heavy atom. The first kappa shape index (κ1) is 13.8. The van der Waals surface area contributed by atoms with Crippen LogP contribution in [-0.4, -0.2) is 7.05 Å². The van der Waals surface area contributed by atoms with E-state index in [1.165, 1.54) is 36.0 Å². The third kappa shape index (κ3) is 2.55. The van der Waals surface area contributed by atoms with Gasteiger partial charge in [-0.1, -0.05) is 29.3 Å². The van der Waals surface area contributed by atoms with Crippen molar-refractivity contribution >= 4 is 11.3 Å². The van der Waals surface area contributed by atoms with Crippen LogP contribution in [0.5, 0.6) is 0 Å². The Bertz CT molecular complexity index is 579. The second-order valence-corrected chi connectivity index (χ2v) is 6.99. The number of thiophene rings is 1. The van der Waals surface area contributed by atoms with E-state index in [1.54, 1.807) is 10.4 Å². The quantitative estimate of drug-likeness (QED) is 0.858. The van der Waals surface area contributed by atoms with Gasteiger partial charge in [-0.15, -0.1) is 11.3 Å². The highest BCUT2D eigenvalue weighted by Gasteiger charge is 2.28. The van der Waals surface area contributed by atoms with Crippen LogP contribution in [0.15, 0.2) is 29.6 Å². The summed E-state index contributed by atoms with van der Waals surface area (Å²) >= 11 is 1.93. The van der Waals surface area contributed by atoms with Crippen LogP contribution < -0.4 is 5.32 Å². The Labute approximate surface area is 126 Å². The van der Waals surface area contributed by atoms with Gasteiger partial charge in [0.05, 0.1) is 0 Å². The molecule has 1 aromatic carbocycles. The summed E-state index contributed by atoms with van der Waals surface area (Å²) in [5.41, 5.74) is 5.75. The largest absolute Gasteiger partial charge is 0.312 e. The number of benzene rings is 1. The van der Waals surface area contributed by atoms with E-state index in [1.807, 2.05) is 11.3 Å². The average molecular weight is 285 g/mol. The van der Waals surface area contributed by atoms with Crippen molar-refractivity contribution in [2.24, 2.45) is 0 Å². The van der Waals surface area contributed by atoms with Gasteiger partial charge < -0.3 is 5.32 Å². The fraction of sp³-hybridized carbons (Fsp3) is 0.444. The fourth-order valence-electron chi connectivity index (χ4n) is 3.66. The number of hydrogen-bond donors (Lipinski definition) is 1. The highest BCUT2D eigenvalue weighted by atomic mass is 32.1. The molecule has 0 bridgehead atoms. The molecule has 1 nitrogen and oxygen atoms in total. The van der Waals surface area contributed by atoms with Gasteiger partial charge in [-0.3, -0.25) is 0 Å². The molecule has 0 saturated carbocycles. The minimum atomic E-state index is 0.433. The van der Waals surface area contributed by atoms with Crippen LogP contribution in [0.2, 0.25) is 0 Å². The monoisotopic (exact) mass is 285 g/mol. The van der Waals surface area contributed by atoms with Gasteiger partial charge in [0, 0.05) is 16.8 Å². The summed E-state index contributed by atoms with van der Waals surface area (Å²) in [6.45, 7) is 4.39. The molecule has 0 saturated heterocycles. The van der Waals surface area contributed by atoms with Crippen molar-refractivity contribution in [3.05, 3.63) is 56.8 Å². The highest BCUT2D eigenvalue weighted by molar-refractivity contribution is 7.10. The molecule has 0 spiro atoms. The van der Waals surface area contributed by atoms with E-state index in [2.05, 4.69) is 55.9 Å². The lowest BCUT2D eigenvalue weighted by Gasteiger charge is -2.31. The number of aryl methyl sites for hydroxylation is 3. The Kier molecular flexibility index (Phi) is 3.95. The summed E-state index contributed by atoms with van der Waals surface area (Å²) in [6.07, 6.45) is 3.89. The van der Waals surface area contributed by atoms with Gasteiger partial charge in [0.15, 0.2) is 0 Å². The third-order valence-corrected chi connectivity index (χ3v) is 5.41. The van der Waals surface area contributed by atoms with Gasteiger partial charge in [-0.2, -0.15) is 0 Å². The maximum absolute atomic E-state index is 3.58. The average Bonchev–Trinajstić information content (AvgIpc) is 2.87. The van der Waals surface area contributed by atoms with Crippen molar-refractivity contribution in [1.82, 2.24) is 5.32 Å². The lowest BCUT2D eigenvalue weighted by molar-refractivity contribution is 0.428. The van der Waals surface area contributed by atoms with Crippen LogP contribution >= 0.6 is 11.3 Å². The molecule has 106 valence electrons. The molecule has 1 aliphatic rings. The number of likely N-dealkylation sites (N-methyl/N-ethyl adjacent to an activating group) is 1. The molecular weight excluding hydrogens is 262 g/mol. The van der Waals surface area contributed by atoms with Gasteiger partial charge >= 0.3 is 0 Å². The van der Waals surface area contributed by atoms with Crippen LogP contribution in [0.3, 0.4) is 0 Å². The van der Waals surface area contributed by atoms with E-state index in [0.29, 0.717) is 12.0 Å². The fourth-order valence-corrected chi connectivity index (χ4v) is 4.65. The second kappa shape index (κ2) is 5.71. The smallest absolute Gasteiger partial charge is 0.0387 e. The molecule has 1 aliphatic carbocycles. The van der Waals surface area contributed by atoms with E-state index >= 15 is 0 Å². The van der Waals surface area contributed by atoms with Crippen molar-refractivity contribution in [1.29, 1.82) is 0 Å². The summed E-state index contributed by atoms with van der Waals surface area (Å²) in [4.78, 5) is 1.60. The molecule has 0 amide bonds. The van der Waals surface area contributed by atoms with E-state index in [0.717, 1.165) is 0 Å². The number of nitrogens with one attached hydrogen (secondary N) is 1. The Hall–Kier alpha value is -1.12. The first-order chi connectivity index (χ1) is 9.69. The van der Waals surface area contributed by atoms with Crippen molar-refractivity contribution in [2.45, 2.75) is 45.1 Å². The van der Waals surface area contributed by atoms with E-state index in [4.69, 9.17) is 0 Å². The molecule has 3 rings (SSSR count). The molecule has 2 heteroatoms. The van der Waals surface area contributed by atoms with Gasteiger partial charge in [-0.25, -0.2) is 0 Å². The van der Waals surface area contributed by atoms with E-state index in [9.17, 15) is 0 Å². The topological polar surface area (TPSA) is 12.0 Å². The maximum atomic E-state index is 3.58. The van der Waals surface area contributed by atoms with Crippen LogP contribution in [0, 0.1) is 13.8 Å². The van der Waals surface area contributed by atoms with Crippen LogP contribution in [0.4, 0.5) is 0 Å². The van der Waals surface area contributed by atoms with Gasteiger partial charge in [-0.05, 0) is 62.7 Å². The lowest BCUT2D eigenvalue weighted by Crippen LogP contribution is -2.26. The van der Waals surface area contributed by atoms with Crippen molar-refractivity contribution in [2.75, 3.05) is 7.05 Å². The van der Waals surface area contributed by atoms with Crippen molar-refractivity contribution in [3.8, 4) is 0 Å². The molecule has 2 atom stereocenters. The first-order valence-corrected chi connectivity index (χ1v) is 8.38. The molecule has 1 N–H and O–H groups in total. The normalized spacial score (nSPS) is 19.6. The highest BCUT2D eigenvalue weighted by Crippen LogP contribution is 2.42. The number of rotatable bonds is 3. The Morgan fingerprint density at radius 2 is 1.95 bits per heavy atom. The molecule has 0 radical (unpaired) electrons. The molecule has 1 aromatic heterocycles. The molecular formula is C18H23NS. The van der Waals surface area contributed by atoms with E-state index in [-0.39, 0.29) is 0 Å². The minimum Gasteiger partial charge on any atom is -0.312 e. The zero-order valence-corrected chi connectivity index (χ0v) is 13.4. The molecule has 20 heavy (non-hydrogen) atoms. The predicted octanol–water partition coefficient (Wildman–Crippen LogP) is 4.75. The zero-order valence-electron chi connectivity index (χ0n) is 12.6. The molecule has 2 unspecified atom stereocenters. The summed E-state index contributed by atoms with van der Waals surface area (Å²) < 4.78 is 0. The van der Waals surface area contributed by atoms with Gasteiger partial charge in [0.25, 0.3) is 0 Å². The van der Waals surface area contributed by atoms with Crippen LogP contribution in [0.25, 0.3) is 0 Å². The first-order valence-electron chi connectivity index (χ1n) is 7.51. The van der Waals surface area contributed by atoms with Gasteiger partial charge in [0.2, 0.25) is 0 Å². The predicted molar refractivity (Wildman–Crippen MR) is 87.7 cm³/mol. The van der Waals surface area contributed by atoms with Gasteiger partial charge in [0.1, 0.15) is 0 Å². The van der Waals surface area contributed by atoms with Crippen molar-refractivity contribution < 1.29 is 0 Å².